The van der Waals surface area contributed by atoms with Crippen LogP contribution >= 0.6 is 11.3 Å². The second-order valence-electron chi connectivity index (χ2n) is 4.75. The van der Waals surface area contributed by atoms with Crippen LogP contribution in [0.15, 0.2) is 41.8 Å². The standard InChI is InChI=1S/C16H18N2O2S/c1-2-12-8-9-21-14(12)16(20)18-13(15(17)19)10-11-6-4-3-5-7-11/h3-9,13H,2,10H2,1H3,(H2,17,19)(H,18,20)/t13-/m1/s1. The Morgan fingerprint density at radius 1 is 1.24 bits per heavy atom. The molecular weight excluding hydrogens is 284 g/mol. The minimum Gasteiger partial charge on any atom is -0.368 e. The number of carbonyl (C=O) groups is 2. The van der Waals surface area contributed by atoms with Crippen LogP contribution in [0.3, 0.4) is 0 Å². The van der Waals surface area contributed by atoms with Gasteiger partial charge in [-0.25, -0.2) is 0 Å². The molecule has 2 rings (SSSR count). The monoisotopic (exact) mass is 302 g/mol. The van der Waals surface area contributed by atoms with Crippen LogP contribution in [0.4, 0.5) is 0 Å². The number of benzene rings is 1. The van der Waals surface area contributed by atoms with Crippen LogP contribution in [0.5, 0.6) is 0 Å². The number of nitrogens with two attached hydrogens (primary N) is 1. The van der Waals surface area contributed by atoms with Crippen LogP contribution in [0.1, 0.15) is 27.7 Å². The maximum Gasteiger partial charge on any atom is 0.262 e. The molecule has 110 valence electrons. The summed E-state index contributed by atoms with van der Waals surface area (Å²) in [7, 11) is 0. The van der Waals surface area contributed by atoms with Gasteiger partial charge in [-0.05, 0) is 29.0 Å². The van der Waals surface area contributed by atoms with Crippen molar-refractivity contribution in [2.75, 3.05) is 0 Å². The van der Waals surface area contributed by atoms with Crippen molar-refractivity contribution in [1.82, 2.24) is 5.32 Å². The molecule has 5 heteroatoms. The van der Waals surface area contributed by atoms with E-state index >= 15 is 0 Å². The summed E-state index contributed by atoms with van der Waals surface area (Å²) in [4.78, 5) is 24.5. The average Bonchev–Trinajstić information content (AvgIpc) is 2.96. The van der Waals surface area contributed by atoms with E-state index in [1.165, 1.54) is 11.3 Å². The maximum absolute atomic E-state index is 12.3. The highest BCUT2D eigenvalue weighted by atomic mass is 32.1. The van der Waals surface area contributed by atoms with Crippen molar-refractivity contribution in [2.24, 2.45) is 5.73 Å². The third-order valence-electron chi connectivity index (χ3n) is 3.27. The number of nitrogens with one attached hydrogen (secondary N) is 1. The predicted octanol–water partition coefficient (Wildman–Crippen LogP) is 2.14. The van der Waals surface area contributed by atoms with E-state index in [-0.39, 0.29) is 5.91 Å². The Balaban J connectivity index is 2.10. The number of carbonyl (C=O) groups excluding carboxylic acids is 2. The van der Waals surface area contributed by atoms with E-state index in [1.807, 2.05) is 48.7 Å². The maximum atomic E-state index is 12.3. The summed E-state index contributed by atoms with van der Waals surface area (Å²) in [5.41, 5.74) is 7.35. The fourth-order valence-electron chi connectivity index (χ4n) is 2.11. The summed E-state index contributed by atoms with van der Waals surface area (Å²) in [6.45, 7) is 1.99. The number of amides is 2. The van der Waals surface area contributed by atoms with Crippen LogP contribution in [0.2, 0.25) is 0 Å². The van der Waals surface area contributed by atoms with E-state index < -0.39 is 11.9 Å². The molecule has 0 saturated carbocycles. The topological polar surface area (TPSA) is 72.2 Å². The predicted molar refractivity (Wildman–Crippen MR) is 84.3 cm³/mol. The van der Waals surface area contributed by atoms with Crippen molar-refractivity contribution in [2.45, 2.75) is 25.8 Å². The second kappa shape index (κ2) is 7.04. The molecule has 1 aromatic carbocycles. The lowest BCUT2D eigenvalue weighted by molar-refractivity contribution is -0.119. The molecule has 0 bridgehead atoms. The smallest absolute Gasteiger partial charge is 0.262 e. The number of thiophene rings is 1. The summed E-state index contributed by atoms with van der Waals surface area (Å²) < 4.78 is 0. The fraction of sp³-hybridized carbons (Fsp3) is 0.250. The molecule has 0 radical (unpaired) electrons. The lowest BCUT2D eigenvalue weighted by Crippen LogP contribution is -2.45. The Labute approximate surface area is 128 Å². The van der Waals surface area contributed by atoms with Crippen LogP contribution in [-0.4, -0.2) is 17.9 Å². The van der Waals surface area contributed by atoms with Crippen molar-refractivity contribution >= 4 is 23.2 Å². The lowest BCUT2D eigenvalue weighted by atomic mass is 10.1. The summed E-state index contributed by atoms with van der Waals surface area (Å²) in [5.74, 6) is -0.761. The highest BCUT2D eigenvalue weighted by Gasteiger charge is 2.21. The Bertz CT molecular complexity index is 622. The van der Waals surface area contributed by atoms with E-state index in [2.05, 4.69) is 5.32 Å². The highest BCUT2D eigenvalue weighted by Crippen LogP contribution is 2.17. The molecule has 1 aromatic heterocycles. The zero-order valence-electron chi connectivity index (χ0n) is 11.8. The zero-order valence-corrected chi connectivity index (χ0v) is 12.7. The first kappa shape index (κ1) is 15.3. The van der Waals surface area contributed by atoms with Crippen molar-refractivity contribution < 1.29 is 9.59 Å². The number of hydrogen-bond donors (Lipinski definition) is 2. The normalized spacial score (nSPS) is 11.9. The van der Waals surface area contributed by atoms with E-state index in [4.69, 9.17) is 5.73 Å². The Kier molecular flexibility index (Phi) is 5.11. The molecule has 0 saturated heterocycles. The van der Waals surface area contributed by atoms with Crippen molar-refractivity contribution in [3.63, 3.8) is 0 Å². The number of hydrogen-bond acceptors (Lipinski definition) is 3. The molecule has 2 amide bonds. The van der Waals surface area contributed by atoms with Gasteiger partial charge in [0.15, 0.2) is 0 Å². The quantitative estimate of drug-likeness (QED) is 0.858. The van der Waals surface area contributed by atoms with Gasteiger partial charge in [0.05, 0.1) is 4.88 Å². The summed E-state index contributed by atoms with van der Waals surface area (Å²) in [6, 6.07) is 10.7. The first-order valence-corrected chi connectivity index (χ1v) is 7.70. The second-order valence-corrected chi connectivity index (χ2v) is 5.66. The Morgan fingerprint density at radius 3 is 2.57 bits per heavy atom. The van der Waals surface area contributed by atoms with Crippen molar-refractivity contribution in [3.8, 4) is 0 Å². The van der Waals surface area contributed by atoms with E-state index in [1.54, 1.807) is 0 Å². The number of rotatable bonds is 6. The number of primary amides is 1. The molecule has 2 aromatic rings. The average molecular weight is 302 g/mol. The van der Waals surface area contributed by atoms with Gasteiger partial charge in [-0.1, -0.05) is 37.3 Å². The van der Waals surface area contributed by atoms with Gasteiger partial charge < -0.3 is 11.1 Å². The summed E-state index contributed by atoms with van der Waals surface area (Å²) in [6.07, 6.45) is 1.18. The Hall–Kier alpha value is -2.14. The summed E-state index contributed by atoms with van der Waals surface area (Å²) >= 11 is 1.38. The van der Waals surface area contributed by atoms with E-state index in [0.717, 1.165) is 17.5 Å². The minimum atomic E-state index is -0.702. The first-order valence-electron chi connectivity index (χ1n) is 6.82. The van der Waals surface area contributed by atoms with Crippen molar-refractivity contribution in [1.29, 1.82) is 0 Å². The third-order valence-corrected chi connectivity index (χ3v) is 4.22. The van der Waals surface area contributed by atoms with Gasteiger partial charge in [0.2, 0.25) is 5.91 Å². The van der Waals surface area contributed by atoms with Gasteiger partial charge in [0.25, 0.3) is 5.91 Å². The molecule has 0 spiro atoms. The molecule has 3 N–H and O–H groups in total. The molecule has 0 unspecified atom stereocenters. The van der Waals surface area contributed by atoms with E-state index in [0.29, 0.717) is 11.3 Å². The molecule has 0 aliphatic carbocycles. The largest absolute Gasteiger partial charge is 0.368 e. The van der Waals surface area contributed by atoms with Crippen LogP contribution in [0.25, 0.3) is 0 Å². The van der Waals surface area contributed by atoms with Crippen LogP contribution in [-0.2, 0) is 17.6 Å². The van der Waals surface area contributed by atoms with Gasteiger partial charge in [-0.15, -0.1) is 11.3 Å². The first-order chi connectivity index (χ1) is 10.1. The van der Waals surface area contributed by atoms with E-state index in [9.17, 15) is 9.59 Å². The fourth-order valence-corrected chi connectivity index (χ4v) is 3.01. The van der Waals surface area contributed by atoms with Crippen LogP contribution < -0.4 is 11.1 Å². The lowest BCUT2D eigenvalue weighted by Gasteiger charge is -2.15. The molecule has 4 nitrogen and oxygen atoms in total. The molecule has 0 fully saturated rings. The molecule has 0 aliphatic heterocycles. The minimum absolute atomic E-state index is 0.235. The third kappa shape index (κ3) is 3.92. The number of aryl methyl sites for hydroxylation is 1. The molecule has 21 heavy (non-hydrogen) atoms. The van der Waals surface area contributed by atoms with Gasteiger partial charge in [-0.3, -0.25) is 9.59 Å². The highest BCUT2D eigenvalue weighted by molar-refractivity contribution is 7.12. The van der Waals surface area contributed by atoms with Crippen LogP contribution in [0, 0.1) is 0 Å². The molecular formula is C16H18N2O2S. The molecule has 1 heterocycles. The summed E-state index contributed by atoms with van der Waals surface area (Å²) in [5, 5.41) is 4.62. The zero-order chi connectivity index (χ0) is 15.2. The van der Waals surface area contributed by atoms with Gasteiger partial charge >= 0.3 is 0 Å². The van der Waals surface area contributed by atoms with Gasteiger partial charge in [-0.2, -0.15) is 0 Å². The van der Waals surface area contributed by atoms with Crippen molar-refractivity contribution in [3.05, 3.63) is 57.8 Å². The SMILES string of the molecule is CCc1ccsc1C(=O)N[C@H](Cc1ccccc1)C(N)=O. The van der Waals surface area contributed by atoms with Gasteiger partial charge in [0, 0.05) is 6.42 Å². The molecule has 0 aliphatic rings. The molecule has 1 atom stereocenters. The Morgan fingerprint density at radius 2 is 1.95 bits per heavy atom. The van der Waals surface area contributed by atoms with Gasteiger partial charge in [0.1, 0.15) is 6.04 Å².